The number of phenolic OH excluding ortho intramolecular Hbond substituents is 1. The van der Waals surface area contributed by atoms with E-state index in [9.17, 15) is 35.5 Å². The predicted molar refractivity (Wildman–Crippen MR) is 158 cm³/mol. The number of fused-ring (bicyclic) bond motifs is 1. The van der Waals surface area contributed by atoms with Crippen molar-refractivity contribution in [1.82, 2.24) is 4.90 Å². The maximum atomic E-state index is 14.1. The number of rotatable bonds is 16. The van der Waals surface area contributed by atoms with Gasteiger partial charge in [-0.2, -0.15) is 13.2 Å². The molecule has 0 saturated heterocycles. The van der Waals surface area contributed by atoms with Crippen LogP contribution in [0.1, 0.15) is 87.3 Å². The largest absolute Gasteiger partial charge is 0.508 e. The number of allylic oxidation sites excluding steroid dienone is 2. The van der Waals surface area contributed by atoms with Crippen molar-refractivity contribution >= 4 is 21.0 Å². The second-order valence-electron chi connectivity index (χ2n) is 11.4. The second kappa shape index (κ2) is 15.8. The molecule has 0 atom stereocenters. The third-order valence-corrected chi connectivity index (χ3v) is 9.56. The first-order valence-corrected chi connectivity index (χ1v) is 16.6. The van der Waals surface area contributed by atoms with E-state index in [1.807, 2.05) is 13.1 Å². The van der Waals surface area contributed by atoms with E-state index in [4.69, 9.17) is 0 Å². The van der Waals surface area contributed by atoms with Crippen LogP contribution < -0.4 is 0 Å². The van der Waals surface area contributed by atoms with Crippen molar-refractivity contribution in [3.05, 3.63) is 64.7 Å². The average Bonchev–Trinajstić information content (AvgIpc) is 3.06. The highest BCUT2D eigenvalue weighted by Gasteiger charge is 2.27. The lowest BCUT2D eigenvalue weighted by Gasteiger charge is -2.18. The molecule has 0 saturated carbocycles. The number of phenols is 1. The van der Waals surface area contributed by atoms with Crippen molar-refractivity contribution in [2.24, 2.45) is 0 Å². The first-order chi connectivity index (χ1) is 19.8. The van der Waals surface area contributed by atoms with Gasteiger partial charge in [-0.3, -0.25) is 0 Å². The van der Waals surface area contributed by atoms with Crippen LogP contribution in [-0.4, -0.2) is 56.2 Å². The molecule has 1 N–H and O–H groups in total. The number of hydrogen-bond acceptors (Lipinski definition) is 4. The van der Waals surface area contributed by atoms with E-state index in [0.717, 1.165) is 86.4 Å². The quantitative estimate of drug-likeness (QED) is 0.152. The number of hydrogen-bond donors (Lipinski definition) is 1. The van der Waals surface area contributed by atoms with Gasteiger partial charge in [0.2, 0.25) is 0 Å². The van der Waals surface area contributed by atoms with Crippen molar-refractivity contribution < 1.29 is 35.5 Å². The highest BCUT2D eigenvalue weighted by atomic mass is 32.2. The van der Waals surface area contributed by atoms with Crippen LogP contribution in [0.3, 0.4) is 0 Å². The van der Waals surface area contributed by atoms with Crippen LogP contribution in [0.2, 0.25) is 0 Å². The molecule has 1 aliphatic carbocycles. The predicted octanol–water partition coefficient (Wildman–Crippen LogP) is 8.34. The number of aromatic hydroxyl groups is 1. The molecule has 1 aliphatic rings. The van der Waals surface area contributed by atoms with Gasteiger partial charge in [0, 0.05) is 12.5 Å². The molecule has 0 amide bonds. The fourth-order valence-corrected chi connectivity index (χ4v) is 7.06. The van der Waals surface area contributed by atoms with Gasteiger partial charge in [0.25, 0.3) is 0 Å². The van der Waals surface area contributed by atoms with E-state index in [2.05, 4.69) is 4.90 Å². The summed E-state index contributed by atoms with van der Waals surface area (Å²) in [5, 5.41) is 10.0. The Bertz CT molecular complexity index is 1290. The smallest absolute Gasteiger partial charge is 0.389 e. The molecule has 0 fully saturated rings. The second-order valence-corrected chi connectivity index (χ2v) is 13.7. The van der Waals surface area contributed by atoms with E-state index in [1.54, 1.807) is 12.1 Å². The van der Waals surface area contributed by atoms with E-state index in [-0.39, 0.29) is 17.9 Å². The fourth-order valence-electron chi connectivity index (χ4n) is 5.63. The number of nitrogens with zero attached hydrogens (tertiary/aromatic N) is 1. The van der Waals surface area contributed by atoms with Crippen LogP contribution in [-0.2, 0) is 16.3 Å². The van der Waals surface area contributed by atoms with Gasteiger partial charge < -0.3 is 10.0 Å². The molecule has 10 heteroatoms. The topological polar surface area (TPSA) is 57.6 Å². The molecule has 0 heterocycles. The minimum absolute atomic E-state index is 0.0818. The van der Waals surface area contributed by atoms with Gasteiger partial charge in [-0.15, -0.1) is 0 Å². The van der Waals surface area contributed by atoms with Crippen LogP contribution in [0.25, 0.3) is 11.1 Å². The molecule has 0 aliphatic heterocycles. The molecule has 2 aromatic rings. The van der Waals surface area contributed by atoms with Gasteiger partial charge in [0.05, 0.1) is 11.5 Å². The molecule has 0 spiro atoms. The van der Waals surface area contributed by atoms with Gasteiger partial charge in [-0.05, 0) is 130 Å². The Morgan fingerprint density at radius 1 is 0.833 bits per heavy atom. The van der Waals surface area contributed by atoms with Gasteiger partial charge in [0.15, 0.2) is 0 Å². The van der Waals surface area contributed by atoms with Gasteiger partial charge in [-0.1, -0.05) is 18.9 Å². The molecule has 42 heavy (non-hydrogen) atoms. The Hall–Kier alpha value is -2.46. The number of aryl methyl sites for hydroxylation is 1. The van der Waals surface area contributed by atoms with Crippen molar-refractivity contribution in [2.75, 3.05) is 31.6 Å². The van der Waals surface area contributed by atoms with E-state index < -0.39 is 39.8 Å². The molecule has 0 unspecified atom stereocenters. The number of unbranched alkanes of at least 4 members (excludes halogenated alkanes) is 4. The minimum atomic E-state index is -4.33. The number of alkyl halides is 3. The normalized spacial score (nSPS) is 14.4. The molecule has 234 valence electrons. The van der Waals surface area contributed by atoms with Gasteiger partial charge >= 0.3 is 6.18 Å². The summed E-state index contributed by atoms with van der Waals surface area (Å²) in [7, 11) is -1.48. The summed E-state index contributed by atoms with van der Waals surface area (Å²) in [6, 6.07) is 9.01. The van der Waals surface area contributed by atoms with Crippen molar-refractivity contribution in [3.8, 4) is 5.75 Å². The van der Waals surface area contributed by atoms with Crippen LogP contribution >= 0.6 is 0 Å². The maximum Gasteiger partial charge on any atom is 0.389 e. The number of halogens is 5. The molecule has 4 nitrogen and oxygen atoms in total. The zero-order valence-electron chi connectivity index (χ0n) is 24.3. The Labute approximate surface area is 246 Å². The third kappa shape index (κ3) is 11.7. The summed E-state index contributed by atoms with van der Waals surface area (Å²) >= 11 is 0. The highest BCUT2D eigenvalue weighted by molar-refractivity contribution is 7.91. The summed E-state index contributed by atoms with van der Waals surface area (Å²) in [6.45, 7) is 1.58. The molecular weight excluding hydrogens is 573 g/mol. The molecule has 0 bridgehead atoms. The van der Waals surface area contributed by atoms with E-state index in [1.165, 1.54) is 12.1 Å². The Balaban J connectivity index is 1.45. The minimum Gasteiger partial charge on any atom is -0.508 e. The first kappa shape index (κ1) is 34.0. The summed E-state index contributed by atoms with van der Waals surface area (Å²) in [5.41, 5.74) is 4.69. The molecule has 3 rings (SSSR count). The molecule has 0 radical (unpaired) electrons. The van der Waals surface area contributed by atoms with Crippen molar-refractivity contribution in [3.63, 3.8) is 0 Å². The van der Waals surface area contributed by atoms with Gasteiger partial charge in [-0.25, -0.2) is 17.2 Å². The number of sulfone groups is 1. The van der Waals surface area contributed by atoms with Crippen molar-refractivity contribution in [2.45, 2.75) is 83.2 Å². The van der Waals surface area contributed by atoms with E-state index >= 15 is 0 Å². The standard InChI is InChI=1S/C32H42F5NO3S/c1-38(17-6-7-18-42(40,41)19-9-15-32(35,36)37)16-5-3-2-4-11-31-29(25-20-26(33)23-27(34)21-25)12-8-10-24-22-28(39)13-14-30(24)31/h13-14,20-23,39H,2-12,15-19H2,1H3. The fraction of sp³-hybridized carbons (Fsp3) is 0.562. The lowest BCUT2D eigenvalue weighted by atomic mass is 9.89. The molecule has 2 aromatic carbocycles. The summed E-state index contributed by atoms with van der Waals surface area (Å²) < 4.78 is 88.8. The maximum absolute atomic E-state index is 14.1. The lowest BCUT2D eigenvalue weighted by Crippen LogP contribution is -2.22. The third-order valence-electron chi connectivity index (χ3n) is 7.74. The monoisotopic (exact) mass is 615 g/mol. The molecular formula is C32H42F5NO3S. The number of benzene rings is 2. The zero-order valence-corrected chi connectivity index (χ0v) is 25.1. The van der Waals surface area contributed by atoms with Crippen molar-refractivity contribution in [1.29, 1.82) is 0 Å². The summed E-state index contributed by atoms with van der Waals surface area (Å²) in [5.74, 6) is -1.49. The van der Waals surface area contributed by atoms with Crippen LogP contribution in [0.5, 0.6) is 5.75 Å². The summed E-state index contributed by atoms with van der Waals surface area (Å²) in [6.07, 6.45) is 2.25. The first-order valence-electron chi connectivity index (χ1n) is 14.8. The van der Waals surface area contributed by atoms with E-state index in [0.29, 0.717) is 24.8 Å². The lowest BCUT2D eigenvalue weighted by molar-refractivity contribution is -0.134. The summed E-state index contributed by atoms with van der Waals surface area (Å²) in [4.78, 5) is 2.14. The van der Waals surface area contributed by atoms with Crippen LogP contribution in [0.4, 0.5) is 22.0 Å². The van der Waals surface area contributed by atoms with Crippen LogP contribution in [0.15, 0.2) is 36.4 Å². The van der Waals surface area contributed by atoms with Crippen LogP contribution in [0, 0.1) is 11.6 Å². The Morgan fingerprint density at radius 3 is 2.17 bits per heavy atom. The zero-order chi connectivity index (χ0) is 30.8. The van der Waals surface area contributed by atoms with Gasteiger partial charge in [0.1, 0.15) is 27.2 Å². The Kier molecular flexibility index (Phi) is 12.8. The SMILES string of the molecule is CN(CCCCCCC1=C(c2cc(F)cc(F)c2)CCCc2cc(O)ccc21)CCCCS(=O)(=O)CCCC(F)(F)F. The average molecular weight is 616 g/mol. The highest BCUT2D eigenvalue weighted by Crippen LogP contribution is 2.40. The molecule has 0 aromatic heterocycles. The Morgan fingerprint density at radius 2 is 1.48 bits per heavy atom.